The van der Waals surface area contributed by atoms with Crippen LogP contribution in [0.3, 0.4) is 0 Å². The highest BCUT2D eigenvalue weighted by molar-refractivity contribution is 6.15. The van der Waals surface area contributed by atoms with Gasteiger partial charge in [-0.15, -0.1) is 0 Å². The molecule has 0 aliphatic heterocycles. The van der Waals surface area contributed by atoms with Gasteiger partial charge in [-0.1, -0.05) is 73.9 Å². The van der Waals surface area contributed by atoms with Gasteiger partial charge < -0.3 is 4.42 Å². The molecule has 1 saturated carbocycles. The molecule has 2 aromatic heterocycles. The standard InChI is InChI=1S/C33H31N2O/c1-21-15-16-26-27-17-18-28(34-3)31(24-13-9-6-10-14-24)33(27)36-32(26)30(21)29-20-25(19-22(2)35(29)4)23-11-7-5-8-12-23/h6,9-10,13-20,23H,5,7-8,11-12H2,1-2,4H3/q+1/i19D,20D,23D. The molecule has 3 nitrogen and oxygen atoms in total. The third-order valence-corrected chi connectivity index (χ3v) is 7.61. The molecular weight excluding hydrogens is 440 g/mol. The lowest BCUT2D eigenvalue weighted by Gasteiger charge is -2.22. The Kier molecular flexibility index (Phi) is 4.80. The summed E-state index contributed by atoms with van der Waals surface area (Å²) < 4.78 is 36.3. The molecule has 0 bridgehead atoms. The van der Waals surface area contributed by atoms with Gasteiger partial charge in [-0.2, -0.15) is 4.57 Å². The van der Waals surface area contributed by atoms with Crippen molar-refractivity contribution >= 4 is 27.6 Å². The summed E-state index contributed by atoms with van der Waals surface area (Å²) >= 11 is 0. The van der Waals surface area contributed by atoms with Crippen LogP contribution in [-0.2, 0) is 7.05 Å². The van der Waals surface area contributed by atoms with E-state index in [1.807, 2.05) is 67.9 Å². The SMILES string of the molecule is [2H]c1c(C2([2H])CCCCC2)c([2H])c(-c2c(C)ccc3c2oc2c(-c4ccccc4)c([N+]#[C-])ccc23)[n+](C)c1C. The second-order valence-electron chi connectivity index (χ2n) is 9.83. The molecule has 0 atom stereocenters. The van der Waals surface area contributed by atoms with Crippen LogP contribution in [0, 0.1) is 20.4 Å². The zero-order valence-corrected chi connectivity index (χ0v) is 21.0. The highest BCUT2D eigenvalue weighted by Crippen LogP contribution is 2.44. The van der Waals surface area contributed by atoms with Gasteiger partial charge in [0.05, 0.1) is 14.9 Å². The van der Waals surface area contributed by atoms with Crippen LogP contribution in [0.25, 0.3) is 49.2 Å². The van der Waals surface area contributed by atoms with E-state index < -0.39 is 5.89 Å². The molecule has 0 amide bonds. The highest BCUT2D eigenvalue weighted by Gasteiger charge is 2.26. The van der Waals surface area contributed by atoms with Gasteiger partial charge in [0, 0.05) is 36.7 Å². The average molecular weight is 475 g/mol. The minimum absolute atomic E-state index is 0.242. The van der Waals surface area contributed by atoms with E-state index >= 15 is 0 Å². The summed E-state index contributed by atoms with van der Waals surface area (Å²) in [5.41, 5.74) is 7.25. The van der Waals surface area contributed by atoms with Gasteiger partial charge in [-0.25, -0.2) is 4.85 Å². The molecule has 2 heterocycles. The fourth-order valence-corrected chi connectivity index (χ4v) is 5.56. The summed E-state index contributed by atoms with van der Waals surface area (Å²) in [7, 11) is 1.90. The Bertz CT molecular complexity index is 1810. The molecule has 0 unspecified atom stereocenters. The zero-order valence-electron chi connectivity index (χ0n) is 24.0. The molecule has 1 fully saturated rings. The monoisotopic (exact) mass is 474 g/mol. The fourth-order valence-electron chi connectivity index (χ4n) is 5.56. The summed E-state index contributed by atoms with van der Waals surface area (Å²) in [6.07, 6.45) is 4.33. The van der Waals surface area contributed by atoms with Gasteiger partial charge in [0.25, 0.3) is 0 Å². The Morgan fingerprint density at radius 2 is 1.61 bits per heavy atom. The van der Waals surface area contributed by atoms with E-state index in [1.165, 1.54) is 0 Å². The summed E-state index contributed by atoms with van der Waals surface area (Å²) in [5.74, 6) is -0.930. The van der Waals surface area contributed by atoms with Crippen LogP contribution in [0.15, 0.2) is 71.1 Å². The van der Waals surface area contributed by atoms with Crippen molar-refractivity contribution in [1.29, 1.82) is 0 Å². The number of hydrogen-bond donors (Lipinski definition) is 0. The van der Waals surface area contributed by atoms with Gasteiger partial charge in [-0.3, -0.25) is 0 Å². The van der Waals surface area contributed by atoms with Gasteiger partial charge in [0.1, 0.15) is 18.2 Å². The molecule has 3 heteroatoms. The van der Waals surface area contributed by atoms with Crippen molar-refractivity contribution < 1.29 is 13.1 Å². The van der Waals surface area contributed by atoms with Gasteiger partial charge in [-0.05, 0) is 42.3 Å². The van der Waals surface area contributed by atoms with Crippen molar-refractivity contribution in [2.24, 2.45) is 7.05 Å². The van der Waals surface area contributed by atoms with E-state index in [4.69, 9.17) is 12.4 Å². The number of rotatable bonds is 3. The number of pyridine rings is 1. The van der Waals surface area contributed by atoms with Crippen LogP contribution in [0.2, 0.25) is 0 Å². The maximum absolute atomic E-state index is 9.43. The van der Waals surface area contributed by atoms with Crippen molar-refractivity contribution in [3.63, 3.8) is 0 Å². The smallest absolute Gasteiger partial charge is 0.216 e. The quantitative estimate of drug-likeness (QED) is 0.189. The molecule has 0 N–H and O–H groups in total. The van der Waals surface area contributed by atoms with Gasteiger partial charge >= 0.3 is 0 Å². The second kappa shape index (κ2) is 8.95. The molecule has 0 radical (unpaired) electrons. The lowest BCUT2D eigenvalue weighted by Crippen LogP contribution is -2.35. The van der Waals surface area contributed by atoms with Crippen LogP contribution < -0.4 is 4.57 Å². The van der Waals surface area contributed by atoms with E-state index in [0.29, 0.717) is 47.0 Å². The largest absolute Gasteiger partial charge is 0.456 e. The first-order valence-corrected chi connectivity index (χ1v) is 12.7. The molecule has 36 heavy (non-hydrogen) atoms. The van der Waals surface area contributed by atoms with E-state index in [-0.39, 0.29) is 6.04 Å². The van der Waals surface area contributed by atoms with Crippen molar-refractivity contribution in [3.8, 4) is 22.4 Å². The topological polar surface area (TPSA) is 21.4 Å². The number of furan rings is 1. The number of benzene rings is 3. The summed E-state index contributed by atoms with van der Waals surface area (Å²) in [4.78, 5) is 3.80. The van der Waals surface area contributed by atoms with Crippen molar-refractivity contribution in [2.45, 2.75) is 51.8 Å². The molecule has 5 aromatic rings. The number of nitrogens with zero attached hydrogens (tertiary/aromatic N) is 2. The first kappa shape index (κ1) is 19.3. The number of hydrogen-bond acceptors (Lipinski definition) is 1. The van der Waals surface area contributed by atoms with Gasteiger partial charge in [0.2, 0.25) is 5.69 Å². The lowest BCUT2D eigenvalue weighted by atomic mass is 9.83. The van der Waals surface area contributed by atoms with Crippen LogP contribution in [0.4, 0.5) is 5.69 Å². The average Bonchev–Trinajstić information content (AvgIpc) is 3.32. The number of aryl methyl sites for hydroxylation is 1. The predicted octanol–water partition coefficient (Wildman–Crippen LogP) is 8.96. The third kappa shape index (κ3) is 3.60. The van der Waals surface area contributed by atoms with Crippen molar-refractivity contribution in [2.75, 3.05) is 0 Å². The van der Waals surface area contributed by atoms with Crippen LogP contribution in [0.1, 0.15) is 58.9 Å². The molecule has 3 aromatic carbocycles. The summed E-state index contributed by atoms with van der Waals surface area (Å²) in [6.45, 7) is 11.7. The Balaban J connectivity index is 1.71. The fraction of sp³-hybridized carbons (Fsp3) is 0.273. The molecule has 0 spiro atoms. The Morgan fingerprint density at radius 3 is 2.33 bits per heavy atom. The Labute approximate surface area is 217 Å². The minimum atomic E-state index is -0.930. The Morgan fingerprint density at radius 1 is 0.917 bits per heavy atom. The molecular formula is C33H31N2O+. The Hall–Kier alpha value is -3.90. The van der Waals surface area contributed by atoms with Crippen molar-refractivity contribution in [3.05, 3.63) is 94.9 Å². The first-order valence-electron chi connectivity index (χ1n) is 14.2. The second-order valence-corrected chi connectivity index (χ2v) is 9.83. The summed E-state index contributed by atoms with van der Waals surface area (Å²) in [6, 6.07) is 18.3. The summed E-state index contributed by atoms with van der Waals surface area (Å²) in [5, 5.41) is 1.84. The zero-order chi connectivity index (χ0) is 27.5. The predicted molar refractivity (Wildman–Crippen MR) is 147 cm³/mol. The third-order valence-electron chi connectivity index (χ3n) is 7.61. The number of fused-ring (bicyclic) bond motifs is 3. The van der Waals surface area contributed by atoms with Gasteiger partial charge in [0.15, 0.2) is 11.4 Å². The van der Waals surface area contributed by atoms with E-state index in [2.05, 4.69) is 17.0 Å². The number of aromatic nitrogens is 1. The molecule has 178 valence electrons. The molecule has 6 rings (SSSR count). The molecule has 1 aliphatic carbocycles. The lowest BCUT2D eigenvalue weighted by molar-refractivity contribution is -0.666. The minimum Gasteiger partial charge on any atom is -0.456 e. The van der Waals surface area contributed by atoms with E-state index in [1.54, 1.807) is 0 Å². The highest BCUT2D eigenvalue weighted by atomic mass is 16.3. The van der Waals surface area contributed by atoms with E-state index in [0.717, 1.165) is 58.0 Å². The molecule has 0 saturated heterocycles. The van der Waals surface area contributed by atoms with Crippen molar-refractivity contribution in [1.82, 2.24) is 0 Å². The maximum atomic E-state index is 9.43. The van der Waals surface area contributed by atoms with E-state index in [9.17, 15) is 2.74 Å². The molecule has 1 aliphatic rings. The normalized spacial score (nSPS) is 16.4. The first-order chi connectivity index (χ1) is 18.8. The van der Waals surface area contributed by atoms with Crippen LogP contribution in [-0.4, -0.2) is 0 Å². The maximum Gasteiger partial charge on any atom is 0.216 e. The van der Waals surface area contributed by atoms with Crippen LogP contribution in [0.5, 0.6) is 0 Å². The van der Waals surface area contributed by atoms with Crippen LogP contribution >= 0.6 is 0 Å².